The van der Waals surface area contributed by atoms with Crippen LogP contribution in [0.1, 0.15) is 19.3 Å². The van der Waals surface area contributed by atoms with Gasteiger partial charge in [0.1, 0.15) is 5.39 Å². The SMILES string of the molecule is N#CCC1(n2nc(N)c3c(=O)[nH]ccc32)CCNCC1. The second-order valence-electron chi connectivity index (χ2n) is 5.17. The largest absolute Gasteiger partial charge is 0.382 e. The predicted molar refractivity (Wildman–Crippen MR) is 75.1 cm³/mol. The molecule has 20 heavy (non-hydrogen) atoms. The molecule has 4 N–H and O–H groups in total. The molecule has 3 heterocycles. The molecule has 1 aliphatic rings. The number of hydrogen-bond donors (Lipinski definition) is 3. The van der Waals surface area contributed by atoms with Crippen LogP contribution in [0.3, 0.4) is 0 Å². The van der Waals surface area contributed by atoms with E-state index < -0.39 is 0 Å². The number of anilines is 1. The summed E-state index contributed by atoms with van der Waals surface area (Å²) in [6.45, 7) is 1.65. The third-order valence-electron chi connectivity index (χ3n) is 4.02. The fraction of sp³-hybridized carbons (Fsp3) is 0.462. The Labute approximate surface area is 115 Å². The fourth-order valence-corrected chi connectivity index (χ4v) is 2.97. The number of aromatic amines is 1. The highest BCUT2D eigenvalue weighted by Crippen LogP contribution is 2.34. The summed E-state index contributed by atoms with van der Waals surface area (Å²) in [5.74, 6) is 0.220. The lowest BCUT2D eigenvalue weighted by Gasteiger charge is -2.36. The Morgan fingerprint density at radius 3 is 2.95 bits per heavy atom. The van der Waals surface area contributed by atoms with Gasteiger partial charge in [-0.1, -0.05) is 0 Å². The van der Waals surface area contributed by atoms with E-state index in [9.17, 15) is 4.79 Å². The van der Waals surface area contributed by atoms with Crippen LogP contribution in [0, 0.1) is 11.3 Å². The molecule has 0 atom stereocenters. The van der Waals surface area contributed by atoms with Crippen molar-refractivity contribution in [1.82, 2.24) is 20.1 Å². The lowest BCUT2D eigenvalue weighted by Crippen LogP contribution is -2.44. The molecule has 104 valence electrons. The van der Waals surface area contributed by atoms with E-state index >= 15 is 0 Å². The predicted octanol–water partition coefficient (Wildman–Crippen LogP) is 0.299. The average molecular weight is 272 g/mol. The topological polar surface area (TPSA) is 113 Å². The third kappa shape index (κ3) is 1.77. The zero-order chi connectivity index (χ0) is 14.2. The Hall–Kier alpha value is -2.33. The maximum absolute atomic E-state index is 11.9. The summed E-state index contributed by atoms with van der Waals surface area (Å²) in [5, 5.41) is 17.2. The van der Waals surface area contributed by atoms with Crippen molar-refractivity contribution in [3.63, 3.8) is 0 Å². The van der Waals surface area contributed by atoms with Crippen molar-refractivity contribution in [2.24, 2.45) is 0 Å². The second kappa shape index (κ2) is 4.65. The van der Waals surface area contributed by atoms with Crippen LogP contribution in [-0.4, -0.2) is 27.9 Å². The molecule has 0 spiro atoms. The highest BCUT2D eigenvalue weighted by atomic mass is 16.1. The summed E-state index contributed by atoms with van der Waals surface area (Å²) >= 11 is 0. The molecule has 0 unspecified atom stereocenters. The van der Waals surface area contributed by atoms with Crippen LogP contribution in [0.4, 0.5) is 5.82 Å². The minimum Gasteiger partial charge on any atom is -0.382 e. The first kappa shape index (κ1) is 12.7. The summed E-state index contributed by atoms with van der Waals surface area (Å²) in [4.78, 5) is 14.5. The maximum atomic E-state index is 11.9. The summed E-state index contributed by atoms with van der Waals surface area (Å²) in [5.41, 5.74) is 5.96. The van der Waals surface area contributed by atoms with E-state index in [4.69, 9.17) is 11.0 Å². The van der Waals surface area contributed by atoms with Gasteiger partial charge >= 0.3 is 0 Å². The minimum absolute atomic E-state index is 0.220. The van der Waals surface area contributed by atoms with E-state index in [-0.39, 0.29) is 16.9 Å². The quantitative estimate of drug-likeness (QED) is 0.727. The Balaban J connectivity index is 2.25. The van der Waals surface area contributed by atoms with Crippen LogP contribution in [0.5, 0.6) is 0 Å². The number of aromatic nitrogens is 3. The summed E-state index contributed by atoms with van der Waals surface area (Å²) in [6.07, 6.45) is 3.54. The number of H-pyrrole nitrogens is 1. The van der Waals surface area contributed by atoms with Crippen molar-refractivity contribution in [3.8, 4) is 6.07 Å². The van der Waals surface area contributed by atoms with Crippen LogP contribution in [0.25, 0.3) is 10.9 Å². The zero-order valence-electron chi connectivity index (χ0n) is 11.0. The van der Waals surface area contributed by atoms with Gasteiger partial charge in [-0.3, -0.25) is 9.48 Å². The van der Waals surface area contributed by atoms with Crippen molar-refractivity contribution < 1.29 is 0 Å². The summed E-state index contributed by atoms with van der Waals surface area (Å²) in [6, 6.07) is 4.04. The maximum Gasteiger partial charge on any atom is 0.261 e. The van der Waals surface area contributed by atoms with Gasteiger partial charge in [0.2, 0.25) is 0 Å². The van der Waals surface area contributed by atoms with Gasteiger partial charge in [-0.2, -0.15) is 10.4 Å². The molecular weight excluding hydrogens is 256 g/mol. The van der Waals surface area contributed by atoms with Gasteiger partial charge in [0.05, 0.1) is 23.5 Å². The number of pyridine rings is 1. The van der Waals surface area contributed by atoms with Crippen LogP contribution in [0.15, 0.2) is 17.1 Å². The lowest BCUT2D eigenvalue weighted by atomic mass is 9.85. The molecule has 1 aliphatic heterocycles. The van der Waals surface area contributed by atoms with E-state index in [2.05, 4.69) is 21.5 Å². The number of nitrogens with one attached hydrogen (secondary N) is 2. The average Bonchev–Trinajstić information content (AvgIpc) is 2.79. The van der Waals surface area contributed by atoms with Crippen LogP contribution in [0.2, 0.25) is 0 Å². The number of nitriles is 1. The molecule has 0 saturated carbocycles. The van der Waals surface area contributed by atoms with E-state index in [0.29, 0.717) is 17.3 Å². The molecule has 7 heteroatoms. The normalized spacial score (nSPS) is 17.9. The Morgan fingerprint density at radius 2 is 2.25 bits per heavy atom. The van der Waals surface area contributed by atoms with E-state index in [0.717, 1.165) is 25.9 Å². The molecule has 1 saturated heterocycles. The molecule has 3 rings (SSSR count). The standard InChI is InChI=1S/C13H16N6O/c14-5-2-13(3-7-16-8-4-13)19-9-1-6-17-12(20)10(9)11(15)18-19/h1,6,16H,2-4,7-8H2,(H2,15,18)(H,17,20). The minimum atomic E-state index is -0.385. The molecule has 0 amide bonds. The zero-order valence-corrected chi connectivity index (χ0v) is 11.0. The van der Waals surface area contributed by atoms with Gasteiger partial charge in [0.15, 0.2) is 5.82 Å². The number of nitrogen functional groups attached to an aromatic ring is 1. The van der Waals surface area contributed by atoms with Gasteiger partial charge in [0.25, 0.3) is 5.56 Å². The van der Waals surface area contributed by atoms with Crippen molar-refractivity contribution in [3.05, 3.63) is 22.6 Å². The molecule has 0 aromatic carbocycles. The first-order valence-electron chi connectivity index (χ1n) is 6.62. The van der Waals surface area contributed by atoms with Crippen molar-refractivity contribution in [2.45, 2.75) is 24.8 Å². The molecule has 1 fully saturated rings. The van der Waals surface area contributed by atoms with Crippen LogP contribution < -0.4 is 16.6 Å². The molecule has 0 bridgehead atoms. The van der Waals surface area contributed by atoms with Gasteiger partial charge in [-0.05, 0) is 32.0 Å². The van der Waals surface area contributed by atoms with Crippen molar-refractivity contribution >= 4 is 16.7 Å². The lowest BCUT2D eigenvalue weighted by molar-refractivity contribution is 0.197. The van der Waals surface area contributed by atoms with Gasteiger partial charge in [0, 0.05) is 6.20 Å². The Kier molecular flexibility index (Phi) is 2.95. The van der Waals surface area contributed by atoms with E-state index in [1.807, 2.05) is 0 Å². The summed E-state index contributed by atoms with van der Waals surface area (Å²) < 4.78 is 1.79. The van der Waals surface area contributed by atoms with E-state index in [1.165, 1.54) is 0 Å². The number of nitrogens with two attached hydrogens (primary N) is 1. The number of piperidine rings is 1. The van der Waals surface area contributed by atoms with Crippen LogP contribution >= 0.6 is 0 Å². The van der Waals surface area contributed by atoms with Crippen molar-refractivity contribution in [2.75, 3.05) is 18.8 Å². The monoisotopic (exact) mass is 272 g/mol. The number of fused-ring (bicyclic) bond motifs is 1. The van der Waals surface area contributed by atoms with Crippen molar-refractivity contribution in [1.29, 1.82) is 5.26 Å². The molecule has 7 nitrogen and oxygen atoms in total. The third-order valence-corrected chi connectivity index (χ3v) is 4.02. The van der Waals surface area contributed by atoms with Gasteiger partial charge in [-0.25, -0.2) is 0 Å². The molecule has 0 aliphatic carbocycles. The fourth-order valence-electron chi connectivity index (χ4n) is 2.97. The Bertz CT molecular complexity index is 731. The first-order valence-corrected chi connectivity index (χ1v) is 6.62. The van der Waals surface area contributed by atoms with Gasteiger partial charge < -0.3 is 16.0 Å². The number of rotatable bonds is 2. The highest BCUT2D eigenvalue weighted by Gasteiger charge is 2.36. The second-order valence-corrected chi connectivity index (χ2v) is 5.17. The Morgan fingerprint density at radius 1 is 1.50 bits per heavy atom. The smallest absolute Gasteiger partial charge is 0.261 e. The van der Waals surface area contributed by atoms with Crippen LogP contribution in [-0.2, 0) is 5.54 Å². The molecule has 0 radical (unpaired) electrons. The molecule has 2 aromatic rings. The first-order chi connectivity index (χ1) is 9.68. The number of nitrogens with zero attached hydrogens (tertiary/aromatic N) is 3. The number of hydrogen-bond acceptors (Lipinski definition) is 5. The molecule has 2 aromatic heterocycles. The van der Waals surface area contributed by atoms with E-state index in [1.54, 1.807) is 16.9 Å². The summed E-state index contributed by atoms with van der Waals surface area (Å²) in [7, 11) is 0. The molecular formula is C13H16N6O. The van der Waals surface area contributed by atoms with Gasteiger partial charge in [-0.15, -0.1) is 0 Å². The highest BCUT2D eigenvalue weighted by molar-refractivity contribution is 5.88.